The van der Waals surface area contributed by atoms with Crippen LogP contribution in [-0.4, -0.2) is 115 Å². The first kappa shape index (κ1) is 62.7. The molecule has 0 radical (unpaired) electrons. The van der Waals surface area contributed by atoms with E-state index in [0.717, 1.165) is 57.8 Å². The predicted molar refractivity (Wildman–Crippen MR) is 268 cm³/mol. The van der Waals surface area contributed by atoms with Crippen molar-refractivity contribution < 1.29 is 81.6 Å². The lowest BCUT2D eigenvalue weighted by atomic mass is 9.85. The highest BCUT2D eigenvalue weighted by atomic mass is 31.2. The van der Waals surface area contributed by atoms with Crippen LogP contribution in [0.3, 0.4) is 0 Å². The number of hydrogen-bond donors (Lipinski definition) is 7. The third-order valence-electron chi connectivity index (χ3n) is 10.7. The molecule has 2 fully saturated rings. The number of phosphoric ester groups is 2. The molecular weight excluding hydrogens is 946 g/mol. The number of unbranched alkanes of at least 4 members (excludes halogenated alkanes) is 4. The van der Waals surface area contributed by atoms with Gasteiger partial charge in [0.2, 0.25) is 0 Å². The van der Waals surface area contributed by atoms with Gasteiger partial charge in [-0.2, -0.15) is 0 Å². The maximum atomic E-state index is 13.0. The highest BCUT2D eigenvalue weighted by Crippen LogP contribution is 2.49. The minimum Gasteiger partial charge on any atom is -0.462 e. The van der Waals surface area contributed by atoms with Gasteiger partial charge >= 0.3 is 27.6 Å². The lowest BCUT2D eigenvalue weighted by Gasteiger charge is -2.43. The van der Waals surface area contributed by atoms with E-state index in [2.05, 4.69) is 91.3 Å². The van der Waals surface area contributed by atoms with E-state index in [4.69, 9.17) is 23.3 Å². The Hall–Kier alpha value is -3.38. The Morgan fingerprint density at radius 1 is 0.529 bits per heavy atom. The molecule has 0 aromatic carbocycles. The summed E-state index contributed by atoms with van der Waals surface area (Å²) in [4.78, 5) is 54.3. The van der Waals surface area contributed by atoms with Crippen molar-refractivity contribution in [1.82, 2.24) is 0 Å². The summed E-state index contributed by atoms with van der Waals surface area (Å²) >= 11 is 0. The number of phosphoric acid groups is 2. The molecular formula is C51H80O17P2. The summed E-state index contributed by atoms with van der Waals surface area (Å²) in [5, 5.41) is 41.3. The van der Waals surface area contributed by atoms with Gasteiger partial charge in [-0.1, -0.05) is 136 Å². The van der Waals surface area contributed by atoms with Gasteiger partial charge in [-0.3, -0.25) is 23.2 Å². The van der Waals surface area contributed by atoms with E-state index >= 15 is 0 Å². The first-order valence-corrected chi connectivity index (χ1v) is 27.6. The van der Waals surface area contributed by atoms with E-state index in [1.54, 1.807) is 6.08 Å². The summed E-state index contributed by atoms with van der Waals surface area (Å²) in [5.74, 6) is -1.39. The third kappa shape index (κ3) is 30.5. The van der Waals surface area contributed by atoms with Crippen LogP contribution >= 0.6 is 15.6 Å². The van der Waals surface area contributed by atoms with E-state index < -0.39 is 83.5 Å². The van der Waals surface area contributed by atoms with Crippen LogP contribution < -0.4 is 0 Å². The highest BCUT2D eigenvalue weighted by molar-refractivity contribution is 7.47. The maximum absolute atomic E-state index is 13.0. The van der Waals surface area contributed by atoms with Crippen LogP contribution in [0.15, 0.2) is 109 Å². The number of epoxide rings is 1. The van der Waals surface area contributed by atoms with Crippen molar-refractivity contribution in [2.75, 3.05) is 13.2 Å². The molecule has 2 aliphatic rings. The average molecular weight is 1030 g/mol. The third-order valence-corrected chi connectivity index (χ3v) is 12.2. The molecule has 1 heterocycles. The van der Waals surface area contributed by atoms with Crippen molar-refractivity contribution >= 4 is 27.6 Å². The second-order valence-corrected chi connectivity index (χ2v) is 19.4. The van der Waals surface area contributed by atoms with E-state index in [9.17, 15) is 53.8 Å². The summed E-state index contributed by atoms with van der Waals surface area (Å²) in [7, 11) is -10.7. The first-order chi connectivity index (χ1) is 33.6. The molecule has 7 unspecified atom stereocenters. The van der Waals surface area contributed by atoms with Gasteiger partial charge in [-0.15, -0.1) is 0 Å². The summed E-state index contributed by atoms with van der Waals surface area (Å²) in [6, 6.07) is 0. The number of rotatable bonds is 38. The van der Waals surface area contributed by atoms with Crippen LogP contribution in [-0.2, 0) is 46.5 Å². The Morgan fingerprint density at radius 2 is 1.00 bits per heavy atom. The van der Waals surface area contributed by atoms with Crippen LogP contribution in [0.4, 0.5) is 0 Å². The van der Waals surface area contributed by atoms with Crippen molar-refractivity contribution in [2.24, 2.45) is 0 Å². The van der Waals surface area contributed by atoms with Crippen molar-refractivity contribution in [3.8, 4) is 0 Å². The van der Waals surface area contributed by atoms with Gasteiger partial charge in [0.1, 0.15) is 43.2 Å². The molecule has 2 rings (SSSR count). The number of aliphatic hydroxyl groups excluding tert-OH is 4. The van der Waals surface area contributed by atoms with Crippen LogP contribution in [0.5, 0.6) is 0 Å². The standard InChI is InChI=1S/C51H80O17P2/c1-3-5-7-8-9-10-11-12-13-14-15-16-20-23-26-29-33-37-44(52)63-39-41(40-64-70(61,62)68-51-48(56)46(54)47(55)50(49(51)57)67-69(58,59)60)65-45(53)38-34-30-27-24-21-18-17-19-22-25-28-32-36-43-42(66-43)35-31-6-4-2/h6,9-10,12-13,15-16,18-19,21-23,26-28,30-32,41-43,46-51,54-57H,3-5,7-8,11,14,17,20,24-25,29,33-40H2,1-2H3,(H,61,62)(H2,58,59,60)/b10-9-,13-12-,16-15-,21-18-,22-19-,26-23-,30-27-,31-6-,32-28-/t41-,42?,43?,46?,47?,48?,49?,50-,51+/m1/s1. The van der Waals surface area contributed by atoms with Crippen LogP contribution in [0.2, 0.25) is 0 Å². The molecule has 0 aromatic heterocycles. The Kier molecular flexibility index (Phi) is 33.5. The van der Waals surface area contributed by atoms with Gasteiger partial charge < -0.3 is 49.3 Å². The second-order valence-electron chi connectivity index (χ2n) is 16.8. The molecule has 70 heavy (non-hydrogen) atoms. The summed E-state index contributed by atoms with van der Waals surface area (Å²) in [6.07, 6.45) is 36.7. The molecule has 17 nitrogen and oxygen atoms in total. The number of carbonyl (C=O) groups is 2. The van der Waals surface area contributed by atoms with Crippen molar-refractivity contribution in [3.63, 3.8) is 0 Å². The number of esters is 2. The summed E-state index contributed by atoms with van der Waals surface area (Å²) in [5.41, 5.74) is 0. The van der Waals surface area contributed by atoms with E-state index in [1.807, 2.05) is 30.4 Å². The van der Waals surface area contributed by atoms with Crippen LogP contribution in [0, 0.1) is 0 Å². The lowest BCUT2D eigenvalue weighted by Crippen LogP contribution is -2.64. The van der Waals surface area contributed by atoms with Crippen molar-refractivity contribution in [2.45, 2.75) is 184 Å². The van der Waals surface area contributed by atoms with Crippen LogP contribution in [0.1, 0.15) is 129 Å². The lowest BCUT2D eigenvalue weighted by molar-refractivity contribution is -0.216. The summed E-state index contributed by atoms with van der Waals surface area (Å²) in [6.45, 7) is 2.84. The number of carbonyl (C=O) groups excluding carboxylic acids is 2. The Morgan fingerprint density at radius 3 is 1.51 bits per heavy atom. The Bertz CT molecular complexity index is 1830. The molecule has 1 saturated heterocycles. The minimum atomic E-state index is -5.39. The highest BCUT2D eigenvalue weighted by Gasteiger charge is 2.54. The van der Waals surface area contributed by atoms with Gasteiger partial charge in [0.05, 0.1) is 18.8 Å². The van der Waals surface area contributed by atoms with Gasteiger partial charge in [0.25, 0.3) is 0 Å². The number of hydrogen-bond acceptors (Lipinski definition) is 14. The van der Waals surface area contributed by atoms with Crippen molar-refractivity contribution in [1.29, 1.82) is 0 Å². The fraction of sp³-hybridized carbons (Fsp3) is 0.608. The zero-order chi connectivity index (χ0) is 51.5. The minimum absolute atomic E-state index is 0.0200. The first-order valence-electron chi connectivity index (χ1n) is 24.6. The molecule has 10 atom stereocenters. The normalized spacial score (nSPS) is 24.8. The zero-order valence-electron chi connectivity index (χ0n) is 40.8. The molecule has 1 saturated carbocycles. The number of ether oxygens (including phenoxy) is 3. The molecule has 7 N–H and O–H groups in total. The van der Waals surface area contributed by atoms with E-state index in [0.29, 0.717) is 31.5 Å². The topological polar surface area (TPSA) is 269 Å². The van der Waals surface area contributed by atoms with Gasteiger partial charge in [0.15, 0.2) is 6.10 Å². The fourth-order valence-corrected chi connectivity index (χ4v) is 8.39. The summed E-state index contributed by atoms with van der Waals surface area (Å²) < 4.78 is 54.9. The van der Waals surface area contributed by atoms with Gasteiger partial charge in [0, 0.05) is 12.8 Å². The number of aliphatic hydroxyl groups is 4. The van der Waals surface area contributed by atoms with E-state index in [-0.39, 0.29) is 19.3 Å². The average Bonchev–Trinajstić information content (AvgIpc) is 4.07. The maximum Gasteiger partial charge on any atom is 0.472 e. The quantitative estimate of drug-likeness (QED) is 0.0100. The monoisotopic (exact) mass is 1030 g/mol. The predicted octanol–water partition coefficient (Wildman–Crippen LogP) is 8.71. The Labute approximate surface area is 414 Å². The molecule has 0 spiro atoms. The zero-order valence-corrected chi connectivity index (χ0v) is 42.6. The number of allylic oxidation sites excluding steroid dienone is 16. The molecule has 396 valence electrons. The molecule has 0 aromatic rings. The van der Waals surface area contributed by atoms with E-state index in [1.165, 1.54) is 19.3 Å². The van der Waals surface area contributed by atoms with Gasteiger partial charge in [-0.25, -0.2) is 9.13 Å². The van der Waals surface area contributed by atoms with Crippen LogP contribution in [0.25, 0.3) is 0 Å². The SMILES string of the molecule is CC/C=C\CC1OC1C/C=C\C/C=C\C/C=C\C/C=C\CCC(=O)O[C@H](COC(=O)CCC/C=C\C/C=C\C/C=C\C/C=C\CCCCC)COP(=O)(O)O[C@H]1C(O)C(O)C(O)[C@@H](OP(=O)(O)O)C1O. The molecule has 0 amide bonds. The fourth-order valence-electron chi connectivity index (χ4n) is 6.85. The molecule has 1 aliphatic heterocycles. The largest absolute Gasteiger partial charge is 0.472 e. The second kappa shape index (κ2) is 37.4. The van der Waals surface area contributed by atoms with Gasteiger partial charge in [-0.05, 0) is 89.9 Å². The smallest absolute Gasteiger partial charge is 0.462 e. The molecule has 1 aliphatic carbocycles. The Balaban J connectivity index is 1.84. The van der Waals surface area contributed by atoms with Crippen molar-refractivity contribution in [3.05, 3.63) is 109 Å². The molecule has 0 bridgehead atoms. The molecule has 19 heteroatoms.